The topological polar surface area (TPSA) is 132 Å². The summed E-state index contributed by atoms with van der Waals surface area (Å²) in [7, 11) is 1.55. The van der Waals surface area contributed by atoms with Crippen LogP contribution in [0.1, 0.15) is 33.3 Å². The van der Waals surface area contributed by atoms with Gasteiger partial charge in [-0.25, -0.2) is 4.98 Å². The van der Waals surface area contributed by atoms with E-state index in [2.05, 4.69) is 16.9 Å². The Labute approximate surface area is 186 Å². The van der Waals surface area contributed by atoms with Crippen molar-refractivity contribution in [3.8, 4) is 0 Å². The van der Waals surface area contributed by atoms with E-state index < -0.39 is 29.2 Å². The van der Waals surface area contributed by atoms with Gasteiger partial charge >= 0.3 is 0 Å². The number of fused-ring (bicyclic) bond motifs is 1. The number of non-ortho nitro benzene ring substituents is 1. The Balaban J connectivity index is 1.70. The van der Waals surface area contributed by atoms with Crippen molar-refractivity contribution in [2.24, 2.45) is 0 Å². The summed E-state index contributed by atoms with van der Waals surface area (Å²) in [6.45, 7) is 4.99. The van der Waals surface area contributed by atoms with Gasteiger partial charge in [0.15, 0.2) is 5.13 Å². The zero-order chi connectivity index (χ0) is 23.4. The molecule has 11 heteroatoms. The molecule has 3 rings (SSSR count). The van der Waals surface area contributed by atoms with Crippen molar-refractivity contribution in [1.82, 2.24) is 9.88 Å². The van der Waals surface area contributed by atoms with Gasteiger partial charge in [-0.3, -0.25) is 29.4 Å². The van der Waals surface area contributed by atoms with E-state index in [1.54, 1.807) is 37.6 Å². The number of thiazole rings is 1. The molecule has 0 saturated heterocycles. The summed E-state index contributed by atoms with van der Waals surface area (Å²) in [6.07, 6.45) is 5.13. The number of anilines is 1. The number of amides is 3. The van der Waals surface area contributed by atoms with Gasteiger partial charge in [0, 0.05) is 23.1 Å². The van der Waals surface area contributed by atoms with Crippen molar-refractivity contribution >= 4 is 45.5 Å². The Kier molecular flexibility index (Phi) is 6.59. The Hall–Kier alpha value is -4.12. The van der Waals surface area contributed by atoms with Gasteiger partial charge in [-0.1, -0.05) is 12.7 Å². The summed E-state index contributed by atoms with van der Waals surface area (Å²) < 4.78 is 5.08. The molecular formula is C21H18N4O6S. The number of nitrogens with zero attached hydrogens (tertiary/aromatic N) is 3. The number of methoxy groups -OCH3 is 1. The highest BCUT2D eigenvalue weighted by atomic mass is 32.1. The summed E-state index contributed by atoms with van der Waals surface area (Å²) in [5, 5.41) is 15.5. The van der Waals surface area contributed by atoms with Crippen LogP contribution in [0.25, 0.3) is 5.57 Å². The maximum Gasteiger partial charge on any atom is 0.270 e. The molecule has 164 valence electrons. The van der Waals surface area contributed by atoms with E-state index in [4.69, 9.17) is 4.74 Å². The monoisotopic (exact) mass is 454 g/mol. The molecule has 0 spiro atoms. The number of aromatic nitrogens is 1. The molecule has 1 aliphatic heterocycles. The minimum absolute atomic E-state index is 0.0186. The van der Waals surface area contributed by atoms with Crippen LogP contribution in [0.4, 0.5) is 10.8 Å². The molecule has 2 aromatic rings. The number of hydrogen-bond donors (Lipinski definition) is 1. The first-order valence-electron chi connectivity index (χ1n) is 9.20. The van der Waals surface area contributed by atoms with Crippen LogP contribution in [0, 0.1) is 10.1 Å². The lowest BCUT2D eigenvalue weighted by Gasteiger charge is -2.12. The molecule has 1 aromatic carbocycles. The molecule has 0 atom stereocenters. The number of hydrogen-bond acceptors (Lipinski definition) is 8. The first-order valence-corrected chi connectivity index (χ1v) is 10.1. The molecule has 3 amide bonds. The van der Waals surface area contributed by atoms with Crippen molar-refractivity contribution in [3.05, 3.63) is 81.1 Å². The quantitative estimate of drug-likeness (QED) is 0.213. The predicted molar refractivity (Wildman–Crippen MR) is 118 cm³/mol. The van der Waals surface area contributed by atoms with Crippen molar-refractivity contribution < 1.29 is 24.0 Å². The lowest BCUT2D eigenvalue weighted by Crippen LogP contribution is -2.37. The normalized spacial score (nSPS) is 13.8. The number of rotatable bonds is 8. The number of ether oxygens (including phenoxy) is 1. The fraction of sp³-hybridized carbons (Fsp3) is 0.143. The fourth-order valence-electron chi connectivity index (χ4n) is 2.84. The molecule has 0 bridgehead atoms. The van der Waals surface area contributed by atoms with Gasteiger partial charge in [0.2, 0.25) is 5.91 Å². The summed E-state index contributed by atoms with van der Waals surface area (Å²) in [4.78, 5) is 52.7. The van der Waals surface area contributed by atoms with Gasteiger partial charge < -0.3 is 10.1 Å². The molecule has 2 heterocycles. The van der Waals surface area contributed by atoms with E-state index in [0.717, 1.165) is 17.0 Å². The number of nitrogens with one attached hydrogen (secondary N) is 1. The van der Waals surface area contributed by atoms with Crippen LogP contribution in [0.15, 0.2) is 54.1 Å². The summed E-state index contributed by atoms with van der Waals surface area (Å²) in [5.41, 5.74) is 0.889. The van der Waals surface area contributed by atoms with E-state index in [9.17, 15) is 24.5 Å². The molecule has 32 heavy (non-hydrogen) atoms. The third kappa shape index (κ3) is 4.62. The van der Waals surface area contributed by atoms with E-state index >= 15 is 0 Å². The SMILES string of the molecule is C=CC(=CC=C(C)OC)c1csc(NC(=O)CN2C(=O)c3ccc([N+](=O)[O-])cc3C2=O)n1. The van der Waals surface area contributed by atoms with E-state index in [1.165, 1.54) is 17.4 Å². The average molecular weight is 454 g/mol. The van der Waals surface area contributed by atoms with Crippen LogP contribution in [-0.2, 0) is 9.53 Å². The zero-order valence-electron chi connectivity index (χ0n) is 17.2. The van der Waals surface area contributed by atoms with E-state index in [-0.39, 0.29) is 21.9 Å². The average Bonchev–Trinajstić information content (AvgIpc) is 3.32. The van der Waals surface area contributed by atoms with Crippen LogP contribution in [-0.4, -0.2) is 46.2 Å². The summed E-state index contributed by atoms with van der Waals surface area (Å²) in [6, 6.07) is 3.38. The predicted octanol–water partition coefficient (Wildman–Crippen LogP) is 3.41. The molecule has 0 radical (unpaired) electrons. The second kappa shape index (κ2) is 9.35. The summed E-state index contributed by atoms with van der Waals surface area (Å²) >= 11 is 1.17. The Morgan fingerprint density at radius 3 is 2.69 bits per heavy atom. The molecule has 0 aliphatic carbocycles. The summed E-state index contributed by atoms with van der Waals surface area (Å²) in [5.74, 6) is -1.39. The number of carbonyl (C=O) groups is 3. The molecule has 0 unspecified atom stereocenters. The standard InChI is InChI=1S/C21H18N4O6S/c1-4-13(6-5-12(2)31-3)17-11-32-21(22-17)23-18(26)10-24-19(27)15-8-7-14(25(29)30)9-16(15)20(24)28/h4-9,11H,1,10H2,2-3H3,(H,22,23,26). The second-order valence-corrected chi connectivity index (χ2v) is 7.44. The highest BCUT2D eigenvalue weighted by molar-refractivity contribution is 7.14. The Morgan fingerprint density at radius 2 is 2.03 bits per heavy atom. The van der Waals surface area contributed by atoms with Crippen molar-refractivity contribution in [2.45, 2.75) is 6.92 Å². The number of nitro groups is 1. The number of benzene rings is 1. The minimum atomic E-state index is -0.763. The Bertz CT molecular complexity index is 1200. The van der Waals surface area contributed by atoms with Gasteiger partial charge in [-0.2, -0.15) is 0 Å². The van der Waals surface area contributed by atoms with Crippen LogP contribution < -0.4 is 5.32 Å². The van der Waals surface area contributed by atoms with Crippen LogP contribution >= 0.6 is 11.3 Å². The molecule has 0 fully saturated rings. The van der Waals surface area contributed by atoms with Crippen molar-refractivity contribution in [1.29, 1.82) is 0 Å². The van der Waals surface area contributed by atoms with Gasteiger partial charge in [0.25, 0.3) is 17.5 Å². The fourth-order valence-corrected chi connectivity index (χ4v) is 3.57. The molecule has 1 aliphatic rings. The number of allylic oxidation sites excluding steroid dienone is 5. The van der Waals surface area contributed by atoms with Crippen LogP contribution in [0.5, 0.6) is 0 Å². The second-order valence-electron chi connectivity index (χ2n) is 6.58. The smallest absolute Gasteiger partial charge is 0.270 e. The molecule has 1 aromatic heterocycles. The zero-order valence-corrected chi connectivity index (χ0v) is 18.0. The highest BCUT2D eigenvalue weighted by Crippen LogP contribution is 2.27. The highest BCUT2D eigenvalue weighted by Gasteiger charge is 2.37. The van der Waals surface area contributed by atoms with Crippen molar-refractivity contribution in [2.75, 3.05) is 19.0 Å². The third-order valence-electron chi connectivity index (χ3n) is 4.55. The van der Waals surface area contributed by atoms with Gasteiger partial charge in [-0.15, -0.1) is 11.3 Å². The van der Waals surface area contributed by atoms with Crippen LogP contribution in [0.3, 0.4) is 0 Å². The van der Waals surface area contributed by atoms with E-state index in [0.29, 0.717) is 17.0 Å². The van der Waals surface area contributed by atoms with Crippen LogP contribution in [0.2, 0.25) is 0 Å². The van der Waals surface area contributed by atoms with Crippen molar-refractivity contribution in [3.63, 3.8) is 0 Å². The molecule has 0 saturated carbocycles. The minimum Gasteiger partial charge on any atom is -0.501 e. The molecular weight excluding hydrogens is 436 g/mol. The number of imide groups is 1. The lowest BCUT2D eigenvalue weighted by atomic mass is 10.1. The van der Waals surface area contributed by atoms with Gasteiger partial charge in [-0.05, 0) is 25.1 Å². The third-order valence-corrected chi connectivity index (χ3v) is 5.31. The molecule has 1 N–H and O–H groups in total. The van der Waals surface area contributed by atoms with Gasteiger partial charge in [0.1, 0.15) is 6.54 Å². The number of nitro benzene ring substituents is 1. The maximum absolute atomic E-state index is 12.5. The maximum atomic E-state index is 12.5. The van der Waals surface area contributed by atoms with E-state index in [1.807, 2.05) is 0 Å². The first kappa shape index (κ1) is 22.6. The first-order chi connectivity index (χ1) is 15.2. The molecule has 10 nitrogen and oxygen atoms in total. The lowest BCUT2D eigenvalue weighted by molar-refractivity contribution is -0.384. The largest absolute Gasteiger partial charge is 0.501 e. The van der Waals surface area contributed by atoms with Gasteiger partial charge in [0.05, 0.1) is 34.6 Å². The number of carbonyl (C=O) groups excluding carboxylic acids is 3. The Morgan fingerprint density at radius 1 is 1.31 bits per heavy atom.